The van der Waals surface area contributed by atoms with E-state index in [1.165, 1.54) is 10.9 Å². The van der Waals surface area contributed by atoms with Gasteiger partial charge in [-0.05, 0) is 59.8 Å². The maximum Gasteiger partial charge on any atom is 0.147 e. The highest BCUT2D eigenvalue weighted by Crippen LogP contribution is 2.43. The van der Waals surface area contributed by atoms with Crippen LogP contribution in [-0.2, 0) is 4.57 Å². The van der Waals surface area contributed by atoms with Gasteiger partial charge in [-0.1, -0.05) is 103 Å². The van der Waals surface area contributed by atoms with Gasteiger partial charge in [0.1, 0.15) is 12.8 Å². The molecule has 2 heterocycles. The van der Waals surface area contributed by atoms with E-state index >= 15 is 0 Å². The lowest BCUT2D eigenvalue weighted by Crippen LogP contribution is -2.02. The second-order valence-corrected chi connectivity index (χ2v) is 13.6. The summed E-state index contributed by atoms with van der Waals surface area (Å²) in [6.45, 7) is 3.64. The van der Waals surface area contributed by atoms with Gasteiger partial charge in [0.15, 0.2) is 0 Å². The van der Waals surface area contributed by atoms with E-state index in [1.807, 2.05) is 31.5 Å². The zero-order valence-corrected chi connectivity index (χ0v) is 22.8. The molecule has 0 amide bonds. The smallest absolute Gasteiger partial charge is 0.147 e. The average molecular weight is 523 g/mol. The number of para-hydroxylation sites is 3. The van der Waals surface area contributed by atoms with Crippen LogP contribution in [0.2, 0.25) is 0 Å². The Balaban J connectivity index is 1.52. The molecule has 0 aliphatic rings. The minimum atomic E-state index is -2.34. The number of rotatable bonds is 4. The van der Waals surface area contributed by atoms with Crippen LogP contribution in [0.4, 0.5) is 0 Å². The van der Waals surface area contributed by atoms with Crippen LogP contribution in [0.3, 0.4) is 0 Å². The van der Waals surface area contributed by atoms with E-state index in [1.54, 1.807) is 0 Å². The van der Waals surface area contributed by atoms with Crippen molar-refractivity contribution in [2.75, 3.05) is 13.3 Å². The Morgan fingerprint density at radius 2 is 1.18 bits per heavy atom. The van der Waals surface area contributed by atoms with Gasteiger partial charge in [-0.25, -0.2) is 4.98 Å². The van der Waals surface area contributed by atoms with Gasteiger partial charge in [0.2, 0.25) is 0 Å². The van der Waals surface area contributed by atoms with E-state index in [0.717, 1.165) is 55.3 Å². The first kappa shape index (κ1) is 23.6. The van der Waals surface area contributed by atoms with Crippen LogP contribution in [0, 0.1) is 0 Å². The molecule has 0 saturated carbocycles. The lowest BCUT2D eigenvalue weighted by atomic mass is 9.91. The first-order chi connectivity index (χ1) is 19.0. The molecule has 3 nitrogen and oxygen atoms in total. The summed E-state index contributed by atoms with van der Waals surface area (Å²) in [4.78, 5) is 5.16. The summed E-state index contributed by atoms with van der Waals surface area (Å²) in [6.07, 6.45) is 0. The molecule has 0 unspecified atom stereocenters. The van der Waals surface area contributed by atoms with Crippen molar-refractivity contribution >= 4 is 40.0 Å². The van der Waals surface area contributed by atoms with Crippen LogP contribution in [0.1, 0.15) is 0 Å². The fraction of sp³-hybridized carbons (Fsp3) is 0.0571. The summed E-state index contributed by atoms with van der Waals surface area (Å²) in [5, 5.41) is 2.08. The Labute approximate surface area is 227 Å². The molecule has 5 aromatic carbocycles. The molecule has 0 radical (unpaired) electrons. The molecule has 39 heavy (non-hydrogen) atoms. The summed E-state index contributed by atoms with van der Waals surface area (Å²) in [6, 6.07) is 44.3. The van der Waals surface area contributed by atoms with Crippen LogP contribution < -0.4 is 5.30 Å². The maximum absolute atomic E-state index is 12.7. The first-order valence-electron chi connectivity index (χ1n) is 13.1. The van der Waals surface area contributed by atoms with E-state index in [-0.39, 0.29) is 0 Å². The van der Waals surface area contributed by atoms with E-state index < -0.39 is 7.14 Å². The molecule has 7 rings (SSSR count). The molecular weight excluding hydrogens is 495 g/mol. The third-order valence-corrected chi connectivity index (χ3v) is 9.01. The Bertz CT molecular complexity index is 2050. The highest BCUT2D eigenvalue weighted by atomic mass is 31.2. The first-order valence-corrected chi connectivity index (χ1v) is 15.7. The Hall–Kier alpha value is -4.46. The number of pyridine rings is 1. The summed E-state index contributed by atoms with van der Waals surface area (Å²) < 4.78 is 15.0. The van der Waals surface area contributed by atoms with Gasteiger partial charge >= 0.3 is 0 Å². The third kappa shape index (κ3) is 3.98. The van der Waals surface area contributed by atoms with E-state index in [4.69, 9.17) is 4.98 Å². The van der Waals surface area contributed by atoms with Crippen molar-refractivity contribution in [3.63, 3.8) is 0 Å². The number of fused-ring (bicyclic) bond motifs is 5. The lowest BCUT2D eigenvalue weighted by molar-refractivity contribution is 0.588. The number of aromatic nitrogens is 2. The zero-order valence-electron chi connectivity index (χ0n) is 21.9. The predicted octanol–water partition coefficient (Wildman–Crippen LogP) is 8.89. The Kier molecular flexibility index (Phi) is 5.50. The number of nitrogens with zero attached hydrogens (tertiary/aromatic N) is 2. The molecule has 0 saturated heterocycles. The largest absolute Gasteiger partial charge is 0.319 e. The normalized spacial score (nSPS) is 11.9. The molecule has 0 fully saturated rings. The zero-order chi connectivity index (χ0) is 26.6. The van der Waals surface area contributed by atoms with E-state index in [9.17, 15) is 4.57 Å². The standard InChI is InChI=1S/C35H27N2OP/c1-39(2,38)28-14-10-13-27(23-28)24-19-21-26(22-20-24)33-29-15-6-8-17-31(29)37-32-18-9-7-16-30(32)36-35(37)34(33)25-11-4-3-5-12-25/h3-23H,1-2H3. The molecule has 4 heteroatoms. The monoisotopic (exact) mass is 522 g/mol. The second-order valence-electron chi connectivity index (χ2n) is 10.4. The Morgan fingerprint density at radius 1 is 0.564 bits per heavy atom. The van der Waals surface area contributed by atoms with Crippen molar-refractivity contribution in [1.29, 1.82) is 0 Å². The lowest BCUT2D eigenvalue weighted by Gasteiger charge is -2.17. The number of hydrogen-bond donors (Lipinski definition) is 0. The quantitative estimate of drug-likeness (QED) is 0.216. The van der Waals surface area contributed by atoms with Crippen molar-refractivity contribution < 1.29 is 4.57 Å². The van der Waals surface area contributed by atoms with Crippen LogP contribution in [0.5, 0.6) is 0 Å². The highest BCUT2D eigenvalue weighted by Gasteiger charge is 2.21. The van der Waals surface area contributed by atoms with Crippen LogP contribution in [0.15, 0.2) is 127 Å². The van der Waals surface area contributed by atoms with E-state index in [0.29, 0.717) is 0 Å². The average Bonchev–Trinajstić information content (AvgIpc) is 3.36. The van der Waals surface area contributed by atoms with Crippen molar-refractivity contribution in [2.24, 2.45) is 0 Å². The molecule has 0 atom stereocenters. The number of imidazole rings is 1. The highest BCUT2D eigenvalue weighted by molar-refractivity contribution is 7.70. The van der Waals surface area contributed by atoms with Gasteiger partial charge in [0.25, 0.3) is 0 Å². The van der Waals surface area contributed by atoms with Gasteiger partial charge in [-0.15, -0.1) is 0 Å². The molecule has 2 aromatic heterocycles. The molecule has 0 bridgehead atoms. The number of hydrogen-bond acceptors (Lipinski definition) is 2. The van der Waals surface area contributed by atoms with Gasteiger partial charge in [0.05, 0.1) is 16.6 Å². The van der Waals surface area contributed by atoms with Crippen molar-refractivity contribution in [2.45, 2.75) is 0 Å². The van der Waals surface area contributed by atoms with Crippen LogP contribution in [0.25, 0.3) is 61.0 Å². The molecule has 0 aliphatic carbocycles. The van der Waals surface area contributed by atoms with E-state index in [2.05, 4.69) is 114 Å². The summed E-state index contributed by atoms with van der Waals surface area (Å²) >= 11 is 0. The van der Waals surface area contributed by atoms with Crippen molar-refractivity contribution in [1.82, 2.24) is 9.38 Å². The summed E-state index contributed by atoms with van der Waals surface area (Å²) in [7, 11) is -2.34. The molecule has 7 aromatic rings. The van der Waals surface area contributed by atoms with Gasteiger partial charge in [-0.3, -0.25) is 4.40 Å². The predicted molar refractivity (Wildman–Crippen MR) is 166 cm³/mol. The van der Waals surface area contributed by atoms with Gasteiger partial charge in [0, 0.05) is 21.8 Å². The topological polar surface area (TPSA) is 34.4 Å². The van der Waals surface area contributed by atoms with Crippen LogP contribution >= 0.6 is 7.14 Å². The van der Waals surface area contributed by atoms with Gasteiger partial charge < -0.3 is 4.57 Å². The fourth-order valence-electron chi connectivity index (χ4n) is 5.59. The van der Waals surface area contributed by atoms with Crippen molar-refractivity contribution in [3.8, 4) is 33.4 Å². The minimum absolute atomic E-state index is 0.901. The minimum Gasteiger partial charge on any atom is -0.319 e. The third-order valence-electron chi connectivity index (χ3n) is 7.49. The molecule has 0 aliphatic heterocycles. The fourth-order valence-corrected chi connectivity index (χ4v) is 6.49. The maximum atomic E-state index is 12.7. The molecule has 0 N–H and O–H groups in total. The summed E-state index contributed by atoms with van der Waals surface area (Å²) in [5.74, 6) is 0. The summed E-state index contributed by atoms with van der Waals surface area (Å²) in [5.41, 5.74) is 10.9. The van der Waals surface area contributed by atoms with Crippen molar-refractivity contribution in [3.05, 3.63) is 127 Å². The Morgan fingerprint density at radius 3 is 1.95 bits per heavy atom. The number of benzene rings is 5. The molecule has 188 valence electrons. The SMILES string of the molecule is CP(C)(=O)c1cccc(-c2ccc(-c3c(-c4ccccc4)c4nc5ccccc5n4c4ccccc34)cc2)c1. The van der Waals surface area contributed by atoms with Gasteiger partial charge in [-0.2, -0.15) is 0 Å². The second kappa shape index (κ2) is 9.08. The van der Waals surface area contributed by atoms with Crippen LogP contribution in [-0.4, -0.2) is 22.7 Å². The molecular formula is C35H27N2OP. The molecule has 0 spiro atoms.